The highest BCUT2D eigenvalue weighted by Crippen LogP contribution is 2.33. The molecular weight excluding hydrogens is 268 g/mol. The van der Waals surface area contributed by atoms with Gasteiger partial charge in [-0.3, -0.25) is 0 Å². The number of para-hydroxylation sites is 1. The highest BCUT2D eigenvalue weighted by Gasteiger charge is 2.13. The number of hydrogen-bond acceptors (Lipinski definition) is 2. The highest BCUT2D eigenvalue weighted by atomic mass is 79.9. The van der Waals surface area contributed by atoms with Crippen molar-refractivity contribution >= 4 is 26.9 Å². The van der Waals surface area contributed by atoms with E-state index in [1.807, 2.05) is 31.2 Å². The van der Waals surface area contributed by atoms with E-state index in [2.05, 4.69) is 25.9 Å². The number of furan rings is 1. The second kappa shape index (κ2) is 3.49. The van der Waals surface area contributed by atoms with Crippen molar-refractivity contribution < 1.29 is 4.42 Å². The molecule has 0 spiro atoms. The van der Waals surface area contributed by atoms with Gasteiger partial charge < -0.3 is 9.40 Å². The predicted octanol–water partition coefficient (Wildman–Crippen LogP) is 3.89. The largest absolute Gasteiger partial charge is 0.464 e. The number of hydrogen-bond donors (Lipinski definition) is 1. The van der Waals surface area contributed by atoms with Gasteiger partial charge in [0, 0.05) is 10.9 Å². The molecule has 2 heterocycles. The summed E-state index contributed by atoms with van der Waals surface area (Å²) in [6, 6.07) is 7.94. The number of fused-ring (bicyclic) bond motifs is 1. The molecule has 16 heavy (non-hydrogen) atoms. The van der Waals surface area contributed by atoms with Gasteiger partial charge in [0.1, 0.15) is 28.0 Å². The van der Waals surface area contributed by atoms with E-state index in [-0.39, 0.29) is 0 Å². The fourth-order valence-corrected chi connectivity index (χ4v) is 2.39. The lowest BCUT2D eigenvalue weighted by atomic mass is 10.1. The fourth-order valence-electron chi connectivity index (χ4n) is 1.80. The van der Waals surface area contributed by atoms with Crippen LogP contribution in [0.25, 0.3) is 22.2 Å². The van der Waals surface area contributed by atoms with E-state index < -0.39 is 0 Å². The molecule has 0 amide bonds. The van der Waals surface area contributed by atoms with Crippen molar-refractivity contribution in [2.45, 2.75) is 6.92 Å². The van der Waals surface area contributed by atoms with E-state index in [1.54, 1.807) is 6.26 Å². The summed E-state index contributed by atoms with van der Waals surface area (Å²) in [5.74, 6) is 0.882. The van der Waals surface area contributed by atoms with Gasteiger partial charge in [-0.05, 0) is 28.9 Å². The van der Waals surface area contributed by atoms with Crippen LogP contribution in [-0.4, -0.2) is 9.97 Å². The number of aromatic nitrogens is 2. The average molecular weight is 277 g/mol. The third-order valence-corrected chi connectivity index (χ3v) is 3.09. The van der Waals surface area contributed by atoms with Crippen LogP contribution < -0.4 is 0 Å². The van der Waals surface area contributed by atoms with Crippen molar-refractivity contribution in [2.75, 3.05) is 0 Å². The molecule has 3 aromatic rings. The lowest BCUT2D eigenvalue weighted by molar-refractivity contribution is 0.617. The summed E-state index contributed by atoms with van der Waals surface area (Å²) in [6.45, 7) is 1.93. The van der Waals surface area contributed by atoms with E-state index in [9.17, 15) is 0 Å². The van der Waals surface area contributed by atoms with Gasteiger partial charge in [-0.15, -0.1) is 0 Å². The van der Waals surface area contributed by atoms with Gasteiger partial charge in [0.15, 0.2) is 0 Å². The van der Waals surface area contributed by atoms with Crippen LogP contribution in [0, 0.1) is 6.92 Å². The summed E-state index contributed by atoms with van der Waals surface area (Å²) in [4.78, 5) is 7.56. The Kier molecular flexibility index (Phi) is 2.11. The van der Waals surface area contributed by atoms with Crippen LogP contribution >= 0.6 is 15.9 Å². The maximum Gasteiger partial charge on any atom is 0.134 e. The van der Waals surface area contributed by atoms with Crippen molar-refractivity contribution in [3.8, 4) is 11.3 Å². The van der Waals surface area contributed by atoms with Gasteiger partial charge in [-0.25, -0.2) is 4.98 Å². The molecule has 2 aromatic heterocycles. The maximum absolute atomic E-state index is 5.49. The first-order chi connectivity index (χ1) is 7.75. The van der Waals surface area contributed by atoms with Crippen molar-refractivity contribution in [1.82, 2.24) is 9.97 Å². The molecule has 0 aliphatic heterocycles. The average Bonchev–Trinajstić information content (AvgIpc) is 2.81. The molecule has 0 fully saturated rings. The zero-order valence-corrected chi connectivity index (χ0v) is 10.2. The van der Waals surface area contributed by atoms with Gasteiger partial charge >= 0.3 is 0 Å². The smallest absolute Gasteiger partial charge is 0.134 e. The molecule has 3 nitrogen and oxygen atoms in total. The molecule has 0 aliphatic carbocycles. The Hall–Kier alpha value is -1.55. The number of rotatable bonds is 1. The first-order valence-corrected chi connectivity index (χ1v) is 5.74. The maximum atomic E-state index is 5.49. The molecule has 3 rings (SSSR count). The van der Waals surface area contributed by atoms with Crippen LogP contribution in [0.2, 0.25) is 0 Å². The van der Waals surface area contributed by atoms with E-state index >= 15 is 0 Å². The molecule has 1 N–H and O–H groups in total. The van der Waals surface area contributed by atoms with Gasteiger partial charge in [0.05, 0.1) is 0 Å². The minimum Gasteiger partial charge on any atom is -0.464 e. The van der Waals surface area contributed by atoms with Gasteiger partial charge in [0.25, 0.3) is 0 Å². The molecule has 4 heteroatoms. The quantitative estimate of drug-likeness (QED) is 0.733. The number of halogens is 1. The normalized spacial score (nSPS) is 11.1. The minimum atomic E-state index is 0.880. The molecule has 1 aromatic carbocycles. The number of nitrogens with zero attached hydrogens (tertiary/aromatic N) is 1. The predicted molar refractivity (Wildman–Crippen MR) is 66.2 cm³/mol. The summed E-state index contributed by atoms with van der Waals surface area (Å²) in [5.41, 5.74) is 2.78. The summed E-state index contributed by atoms with van der Waals surface area (Å²) in [6.07, 6.45) is 1.74. The number of aryl methyl sites for hydroxylation is 1. The molecule has 0 saturated carbocycles. The Bertz CT molecular complexity index is 654. The number of imidazole rings is 1. The number of nitrogens with one attached hydrogen (secondary N) is 1. The van der Waals surface area contributed by atoms with Crippen LogP contribution in [-0.2, 0) is 0 Å². The molecule has 80 valence electrons. The second-order valence-corrected chi connectivity index (χ2v) is 4.42. The Morgan fingerprint density at radius 1 is 1.31 bits per heavy atom. The van der Waals surface area contributed by atoms with E-state index in [4.69, 9.17) is 4.42 Å². The van der Waals surface area contributed by atoms with Crippen molar-refractivity contribution in [3.63, 3.8) is 0 Å². The van der Waals surface area contributed by atoms with Crippen molar-refractivity contribution in [3.05, 3.63) is 41.0 Å². The molecule has 0 bridgehead atoms. The summed E-state index contributed by atoms with van der Waals surface area (Å²) in [7, 11) is 0. The van der Waals surface area contributed by atoms with Crippen LogP contribution in [0.15, 0.2) is 39.5 Å². The van der Waals surface area contributed by atoms with Gasteiger partial charge in [0.2, 0.25) is 0 Å². The van der Waals surface area contributed by atoms with Crippen molar-refractivity contribution in [2.24, 2.45) is 0 Å². The zero-order valence-electron chi connectivity index (χ0n) is 8.62. The van der Waals surface area contributed by atoms with E-state index in [0.717, 1.165) is 32.7 Å². The standard InChI is InChI=1S/C12H9BrN2O/c1-7-14-11(12(13)15-7)9-6-16-10-5-3-2-4-8(9)10/h2-6H,1H3,(H,14,15). The number of aromatic amines is 1. The third-order valence-electron chi connectivity index (χ3n) is 2.51. The van der Waals surface area contributed by atoms with Crippen LogP contribution in [0.5, 0.6) is 0 Å². The van der Waals surface area contributed by atoms with Crippen LogP contribution in [0.1, 0.15) is 5.82 Å². The molecule has 0 saturated heterocycles. The Labute approximate surface area is 101 Å². The second-order valence-electron chi connectivity index (χ2n) is 3.63. The van der Waals surface area contributed by atoms with Crippen LogP contribution in [0.3, 0.4) is 0 Å². The van der Waals surface area contributed by atoms with Gasteiger partial charge in [-0.1, -0.05) is 18.2 Å². The molecule has 0 unspecified atom stereocenters. The lowest BCUT2D eigenvalue weighted by Crippen LogP contribution is -1.76. The monoisotopic (exact) mass is 276 g/mol. The Balaban J connectivity index is 2.30. The first kappa shape index (κ1) is 9.66. The summed E-state index contributed by atoms with van der Waals surface area (Å²) >= 11 is 3.46. The highest BCUT2D eigenvalue weighted by molar-refractivity contribution is 9.10. The number of H-pyrrole nitrogens is 1. The molecule has 0 radical (unpaired) electrons. The first-order valence-electron chi connectivity index (χ1n) is 4.94. The Morgan fingerprint density at radius 3 is 2.88 bits per heavy atom. The van der Waals surface area contributed by atoms with Crippen molar-refractivity contribution in [1.29, 1.82) is 0 Å². The molecule has 0 aliphatic rings. The van der Waals surface area contributed by atoms with E-state index in [1.165, 1.54) is 0 Å². The molecular formula is C12H9BrN2O. The topological polar surface area (TPSA) is 41.8 Å². The lowest BCUT2D eigenvalue weighted by Gasteiger charge is -1.93. The zero-order chi connectivity index (χ0) is 11.1. The third kappa shape index (κ3) is 1.38. The SMILES string of the molecule is Cc1nc(-c2coc3ccccc23)c(Br)[nH]1. The summed E-state index contributed by atoms with van der Waals surface area (Å²) < 4.78 is 6.38. The fraction of sp³-hybridized carbons (Fsp3) is 0.0833. The van der Waals surface area contributed by atoms with E-state index in [0.29, 0.717) is 0 Å². The Morgan fingerprint density at radius 2 is 2.12 bits per heavy atom. The minimum absolute atomic E-state index is 0.880. The number of benzene rings is 1. The van der Waals surface area contributed by atoms with Gasteiger partial charge in [-0.2, -0.15) is 0 Å². The van der Waals surface area contributed by atoms with Crippen LogP contribution in [0.4, 0.5) is 0 Å². The summed E-state index contributed by atoms with van der Waals surface area (Å²) in [5, 5.41) is 1.08. The molecule has 0 atom stereocenters.